The van der Waals surface area contributed by atoms with Crippen LogP contribution in [-0.2, 0) is 16.1 Å². The SMILES string of the molecule is NC(=O)[C@H]1CCN(Cc2ccc3ccnc(N)c3c2)C1=O. The summed E-state index contributed by atoms with van der Waals surface area (Å²) in [5, 5.41) is 1.88. The maximum absolute atomic E-state index is 12.1. The molecule has 0 radical (unpaired) electrons. The lowest BCUT2D eigenvalue weighted by Crippen LogP contribution is -2.33. The average molecular weight is 284 g/mol. The Balaban J connectivity index is 1.84. The molecule has 2 aromatic rings. The third-order valence-corrected chi connectivity index (χ3v) is 3.88. The van der Waals surface area contributed by atoms with Gasteiger partial charge in [-0.25, -0.2) is 4.98 Å². The topological polar surface area (TPSA) is 102 Å². The third kappa shape index (κ3) is 2.40. The number of nitrogen functional groups attached to an aromatic ring is 1. The van der Waals surface area contributed by atoms with E-state index in [2.05, 4.69) is 4.98 Å². The van der Waals surface area contributed by atoms with E-state index in [0.717, 1.165) is 16.3 Å². The fourth-order valence-electron chi connectivity index (χ4n) is 2.72. The Labute approximate surface area is 121 Å². The second-order valence-electron chi connectivity index (χ2n) is 5.26. The zero-order valence-corrected chi connectivity index (χ0v) is 11.5. The van der Waals surface area contributed by atoms with E-state index in [1.54, 1.807) is 11.1 Å². The van der Waals surface area contributed by atoms with Crippen LogP contribution in [0.4, 0.5) is 5.82 Å². The number of fused-ring (bicyclic) bond motifs is 1. The number of hydrogen-bond acceptors (Lipinski definition) is 4. The summed E-state index contributed by atoms with van der Waals surface area (Å²) in [4.78, 5) is 29.0. The number of anilines is 1. The van der Waals surface area contributed by atoms with E-state index in [1.165, 1.54) is 0 Å². The average Bonchev–Trinajstić information content (AvgIpc) is 2.81. The summed E-state index contributed by atoms with van der Waals surface area (Å²) in [6.45, 7) is 1.000. The molecule has 1 aromatic heterocycles. The number of nitrogens with zero attached hydrogens (tertiary/aromatic N) is 2. The predicted molar refractivity (Wildman–Crippen MR) is 78.9 cm³/mol. The molecule has 4 N–H and O–H groups in total. The largest absolute Gasteiger partial charge is 0.383 e. The number of carbonyl (C=O) groups excluding carboxylic acids is 2. The molecule has 2 amide bonds. The number of likely N-dealkylation sites (tertiary alicyclic amines) is 1. The molecule has 1 aliphatic heterocycles. The summed E-state index contributed by atoms with van der Waals surface area (Å²) in [7, 11) is 0. The Kier molecular flexibility index (Phi) is 3.21. The Bertz CT molecular complexity index is 729. The zero-order chi connectivity index (χ0) is 15.0. The van der Waals surface area contributed by atoms with Gasteiger partial charge in [0.25, 0.3) is 0 Å². The fourth-order valence-corrected chi connectivity index (χ4v) is 2.72. The van der Waals surface area contributed by atoms with Crippen LogP contribution >= 0.6 is 0 Å². The molecule has 1 saturated heterocycles. The second kappa shape index (κ2) is 5.05. The maximum atomic E-state index is 12.1. The molecule has 1 aromatic carbocycles. The van der Waals surface area contributed by atoms with E-state index in [1.807, 2.05) is 24.3 Å². The fraction of sp³-hybridized carbons (Fsp3) is 0.267. The lowest BCUT2D eigenvalue weighted by molar-refractivity contribution is -0.136. The summed E-state index contributed by atoms with van der Waals surface area (Å²) in [6, 6.07) is 7.73. The van der Waals surface area contributed by atoms with Crippen LogP contribution in [-0.4, -0.2) is 28.2 Å². The first-order valence-corrected chi connectivity index (χ1v) is 6.77. The summed E-state index contributed by atoms with van der Waals surface area (Å²) < 4.78 is 0. The van der Waals surface area contributed by atoms with Crippen molar-refractivity contribution in [3.8, 4) is 0 Å². The molecule has 2 heterocycles. The van der Waals surface area contributed by atoms with E-state index < -0.39 is 11.8 Å². The molecule has 0 unspecified atom stereocenters. The van der Waals surface area contributed by atoms with E-state index in [0.29, 0.717) is 25.3 Å². The van der Waals surface area contributed by atoms with Gasteiger partial charge in [0.2, 0.25) is 11.8 Å². The normalized spacial score (nSPS) is 18.4. The van der Waals surface area contributed by atoms with Gasteiger partial charge in [0, 0.05) is 24.7 Å². The van der Waals surface area contributed by atoms with Crippen LogP contribution < -0.4 is 11.5 Å². The molecule has 108 valence electrons. The molecular weight excluding hydrogens is 268 g/mol. The van der Waals surface area contributed by atoms with Crippen LogP contribution in [0.15, 0.2) is 30.5 Å². The highest BCUT2D eigenvalue weighted by molar-refractivity contribution is 6.01. The highest BCUT2D eigenvalue weighted by Crippen LogP contribution is 2.24. The van der Waals surface area contributed by atoms with E-state index >= 15 is 0 Å². The standard InChI is InChI=1S/C15H16N4O2/c16-13-12-7-9(1-2-10(12)3-5-18-13)8-19-6-4-11(14(17)20)15(19)21/h1-3,5,7,11H,4,6,8H2,(H2,16,18)(H2,17,20)/t11-/m1/s1. The van der Waals surface area contributed by atoms with Gasteiger partial charge in [-0.1, -0.05) is 12.1 Å². The molecule has 1 atom stereocenters. The van der Waals surface area contributed by atoms with E-state index in [4.69, 9.17) is 11.5 Å². The van der Waals surface area contributed by atoms with Crippen molar-refractivity contribution in [1.82, 2.24) is 9.88 Å². The van der Waals surface area contributed by atoms with Crippen molar-refractivity contribution in [3.05, 3.63) is 36.0 Å². The quantitative estimate of drug-likeness (QED) is 0.808. The Morgan fingerprint density at radius 1 is 1.38 bits per heavy atom. The molecular formula is C15H16N4O2. The second-order valence-corrected chi connectivity index (χ2v) is 5.26. The van der Waals surface area contributed by atoms with Crippen LogP contribution in [0.1, 0.15) is 12.0 Å². The Hall–Kier alpha value is -2.63. The van der Waals surface area contributed by atoms with Gasteiger partial charge in [-0.2, -0.15) is 0 Å². The summed E-state index contributed by atoms with van der Waals surface area (Å²) >= 11 is 0. The lowest BCUT2D eigenvalue weighted by atomic mass is 10.1. The minimum Gasteiger partial charge on any atom is -0.383 e. The number of amides is 2. The number of rotatable bonds is 3. The monoisotopic (exact) mass is 284 g/mol. The number of pyridine rings is 1. The predicted octanol–water partition coefficient (Wildman–Crippen LogP) is 0.651. The van der Waals surface area contributed by atoms with Crippen LogP contribution in [0.2, 0.25) is 0 Å². The first kappa shape index (κ1) is 13.4. The molecule has 1 aliphatic rings. The summed E-state index contributed by atoms with van der Waals surface area (Å²) in [5.74, 6) is -0.953. The van der Waals surface area contributed by atoms with Gasteiger partial charge in [-0.15, -0.1) is 0 Å². The highest BCUT2D eigenvalue weighted by Gasteiger charge is 2.35. The zero-order valence-electron chi connectivity index (χ0n) is 11.5. The van der Waals surface area contributed by atoms with Gasteiger partial charge in [-0.3, -0.25) is 9.59 Å². The molecule has 21 heavy (non-hydrogen) atoms. The lowest BCUT2D eigenvalue weighted by Gasteiger charge is -2.16. The number of primary amides is 1. The van der Waals surface area contributed by atoms with Gasteiger partial charge in [0.15, 0.2) is 0 Å². The summed E-state index contributed by atoms with van der Waals surface area (Å²) in [6.07, 6.45) is 2.16. The first-order chi connectivity index (χ1) is 10.1. The molecule has 0 bridgehead atoms. The van der Waals surface area contributed by atoms with Gasteiger partial charge >= 0.3 is 0 Å². The van der Waals surface area contributed by atoms with Gasteiger partial charge in [0.1, 0.15) is 11.7 Å². The van der Waals surface area contributed by atoms with Crippen molar-refractivity contribution < 1.29 is 9.59 Å². The van der Waals surface area contributed by atoms with Gasteiger partial charge < -0.3 is 16.4 Å². The van der Waals surface area contributed by atoms with Crippen molar-refractivity contribution in [2.75, 3.05) is 12.3 Å². The molecule has 0 saturated carbocycles. The molecule has 6 heteroatoms. The van der Waals surface area contributed by atoms with Crippen LogP contribution in [0, 0.1) is 5.92 Å². The first-order valence-electron chi connectivity index (χ1n) is 6.77. The van der Waals surface area contributed by atoms with Gasteiger partial charge in [0.05, 0.1) is 0 Å². The summed E-state index contributed by atoms with van der Waals surface area (Å²) in [5.41, 5.74) is 12.1. The number of aromatic nitrogens is 1. The number of benzene rings is 1. The molecule has 0 spiro atoms. The molecule has 3 rings (SSSR count). The van der Waals surface area contributed by atoms with Gasteiger partial charge in [-0.05, 0) is 29.5 Å². The van der Waals surface area contributed by atoms with Crippen molar-refractivity contribution in [1.29, 1.82) is 0 Å². The van der Waals surface area contributed by atoms with Crippen molar-refractivity contribution in [3.63, 3.8) is 0 Å². The molecule has 1 fully saturated rings. The number of carbonyl (C=O) groups is 2. The number of nitrogens with two attached hydrogens (primary N) is 2. The van der Waals surface area contributed by atoms with Crippen LogP contribution in [0.3, 0.4) is 0 Å². The van der Waals surface area contributed by atoms with E-state index in [9.17, 15) is 9.59 Å². The van der Waals surface area contributed by atoms with E-state index in [-0.39, 0.29) is 5.91 Å². The smallest absolute Gasteiger partial charge is 0.235 e. The van der Waals surface area contributed by atoms with Crippen LogP contribution in [0.25, 0.3) is 10.8 Å². The maximum Gasteiger partial charge on any atom is 0.235 e. The Morgan fingerprint density at radius 2 is 2.19 bits per heavy atom. The Morgan fingerprint density at radius 3 is 2.90 bits per heavy atom. The van der Waals surface area contributed by atoms with Crippen LogP contribution in [0.5, 0.6) is 0 Å². The van der Waals surface area contributed by atoms with Crippen molar-refractivity contribution >= 4 is 28.4 Å². The third-order valence-electron chi connectivity index (χ3n) is 3.88. The minimum absolute atomic E-state index is 0.193. The highest BCUT2D eigenvalue weighted by atomic mass is 16.2. The van der Waals surface area contributed by atoms with Crippen molar-refractivity contribution in [2.45, 2.75) is 13.0 Å². The minimum atomic E-state index is -0.683. The molecule has 0 aliphatic carbocycles. The van der Waals surface area contributed by atoms with Crippen molar-refractivity contribution in [2.24, 2.45) is 11.7 Å². The molecule has 6 nitrogen and oxygen atoms in total. The number of hydrogen-bond donors (Lipinski definition) is 2.